The average molecular weight is 220 g/mol. The second kappa shape index (κ2) is 4.37. The molecule has 2 aliphatic rings. The molecule has 0 heterocycles. The third-order valence-electron chi connectivity index (χ3n) is 5.02. The molecule has 0 aromatic rings. The van der Waals surface area contributed by atoms with Gasteiger partial charge in [0.1, 0.15) is 0 Å². The topological polar surface area (TPSA) is 20.2 Å². The van der Waals surface area contributed by atoms with Gasteiger partial charge in [-0.2, -0.15) is 0 Å². The van der Waals surface area contributed by atoms with Gasteiger partial charge in [0.05, 0.1) is 6.61 Å². The molecule has 1 heteroatoms. The van der Waals surface area contributed by atoms with E-state index in [4.69, 9.17) is 0 Å². The molecule has 0 unspecified atom stereocenters. The molecular weight excluding hydrogens is 196 g/mol. The summed E-state index contributed by atoms with van der Waals surface area (Å²) in [6.07, 6.45) is 8.96. The summed E-state index contributed by atoms with van der Waals surface area (Å²) in [4.78, 5) is 0. The van der Waals surface area contributed by atoms with E-state index in [1.165, 1.54) is 31.3 Å². The lowest BCUT2D eigenvalue weighted by Crippen LogP contribution is -2.38. The molecule has 0 amide bonds. The molecule has 0 saturated heterocycles. The Morgan fingerprint density at radius 2 is 2.25 bits per heavy atom. The van der Waals surface area contributed by atoms with Gasteiger partial charge in [0.2, 0.25) is 0 Å². The van der Waals surface area contributed by atoms with Crippen LogP contribution in [0, 0.1) is 17.3 Å². The van der Waals surface area contributed by atoms with E-state index in [2.05, 4.69) is 26.5 Å². The maximum atomic E-state index is 9.19. The molecule has 0 aliphatic heterocycles. The number of hydrogen-bond acceptors (Lipinski definition) is 1. The largest absolute Gasteiger partial charge is 0.392 e. The van der Waals surface area contributed by atoms with Crippen molar-refractivity contribution in [2.45, 2.75) is 46.0 Å². The van der Waals surface area contributed by atoms with Crippen molar-refractivity contribution in [3.63, 3.8) is 0 Å². The Bertz CT molecular complexity index is 315. The van der Waals surface area contributed by atoms with Gasteiger partial charge in [-0.3, -0.25) is 0 Å². The lowest BCUT2D eigenvalue weighted by atomic mass is 9.57. The van der Waals surface area contributed by atoms with Gasteiger partial charge < -0.3 is 5.11 Å². The lowest BCUT2D eigenvalue weighted by Gasteiger charge is -2.48. The third kappa shape index (κ3) is 1.86. The van der Waals surface area contributed by atoms with Crippen molar-refractivity contribution in [1.29, 1.82) is 0 Å². The molecule has 0 radical (unpaired) electrons. The minimum Gasteiger partial charge on any atom is -0.392 e. The summed E-state index contributed by atoms with van der Waals surface area (Å²) < 4.78 is 0. The molecule has 0 aromatic heterocycles. The zero-order chi connectivity index (χ0) is 11.8. The molecule has 2 aliphatic carbocycles. The highest BCUT2D eigenvalue weighted by molar-refractivity contribution is 5.33. The van der Waals surface area contributed by atoms with Crippen molar-refractivity contribution >= 4 is 0 Å². The molecule has 90 valence electrons. The highest BCUT2D eigenvalue weighted by Crippen LogP contribution is 2.52. The Labute approximate surface area is 99.3 Å². The highest BCUT2D eigenvalue weighted by Gasteiger charge is 2.42. The zero-order valence-electron chi connectivity index (χ0n) is 10.6. The first-order chi connectivity index (χ1) is 7.58. The summed E-state index contributed by atoms with van der Waals surface area (Å²) in [6.45, 7) is 8.87. The molecular formula is C15H24O. The molecule has 1 N–H and O–H groups in total. The van der Waals surface area contributed by atoms with E-state index in [1.54, 1.807) is 0 Å². The zero-order valence-corrected chi connectivity index (χ0v) is 10.6. The van der Waals surface area contributed by atoms with Gasteiger partial charge in [-0.05, 0) is 54.1 Å². The minimum atomic E-state index is 0.112. The number of allylic oxidation sites excluding steroid dienone is 1. The van der Waals surface area contributed by atoms with Crippen LogP contribution in [0.5, 0.6) is 0 Å². The van der Waals surface area contributed by atoms with E-state index in [0.29, 0.717) is 5.41 Å². The molecule has 2 rings (SSSR count). The van der Waals surface area contributed by atoms with Crippen molar-refractivity contribution in [2.24, 2.45) is 17.3 Å². The van der Waals surface area contributed by atoms with Crippen LogP contribution in [-0.4, -0.2) is 11.7 Å². The van der Waals surface area contributed by atoms with Gasteiger partial charge in [-0.1, -0.05) is 32.9 Å². The van der Waals surface area contributed by atoms with E-state index in [-0.39, 0.29) is 6.61 Å². The summed E-state index contributed by atoms with van der Waals surface area (Å²) in [5, 5.41) is 9.19. The second-order valence-electron chi connectivity index (χ2n) is 5.86. The monoisotopic (exact) mass is 220 g/mol. The van der Waals surface area contributed by atoms with Gasteiger partial charge >= 0.3 is 0 Å². The predicted molar refractivity (Wildman–Crippen MR) is 68.2 cm³/mol. The van der Waals surface area contributed by atoms with Gasteiger partial charge in [0.25, 0.3) is 0 Å². The SMILES string of the molecule is C=C(CO)C1=C[C@]2(C)[C@@H](CCC[C@H]2C)CC1. The summed E-state index contributed by atoms with van der Waals surface area (Å²) >= 11 is 0. The maximum absolute atomic E-state index is 9.19. The van der Waals surface area contributed by atoms with Crippen LogP contribution in [0.2, 0.25) is 0 Å². The number of aliphatic hydroxyl groups is 1. The number of rotatable bonds is 2. The molecule has 1 fully saturated rings. The number of hydrogen-bond donors (Lipinski definition) is 1. The fourth-order valence-corrected chi connectivity index (χ4v) is 3.57. The first kappa shape index (κ1) is 11.9. The summed E-state index contributed by atoms with van der Waals surface area (Å²) in [6, 6.07) is 0. The average Bonchev–Trinajstić information content (AvgIpc) is 2.29. The minimum absolute atomic E-state index is 0.112. The van der Waals surface area contributed by atoms with E-state index >= 15 is 0 Å². The number of fused-ring (bicyclic) bond motifs is 1. The highest BCUT2D eigenvalue weighted by atomic mass is 16.3. The Kier molecular flexibility index (Phi) is 3.25. The summed E-state index contributed by atoms with van der Waals surface area (Å²) in [7, 11) is 0. The predicted octanol–water partition coefficient (Wildman–Crippen LogP) is 3.70. The molecule has 1 saturated carbocycles. The first-order valence-corrected chi connectivity index (χ1v) is 6.58. The van der Waals surface area contributed by atoms with E-state index in [1.807, 2.05) is 0 Å². The second-order valence-corrected chi connectivity index (χ2v) is 5.86. The van der Waals surface area contributed by atoms with E-state index in [0.717, 1.165) is 23.8 Å². The quantitative estimate of drug-likeness (QED) is 0.752. The molecule has 3 atom stereocenters. The normalized spacial score (nSPS) is 38.8. The summed E-state index contributed by atoms with van der Waals surface area (Å²) in [5.74, 6) is 1.62. The Hall–Kier alpha value is -0.560. The Morgan fingerprint density at radius 1 is 1.50 bits per heavy atom. The van der Waals surface area contributed by atoms with Crippen molar-refractivity contribution in [2.75, 3.05) is 6.61 Å². The van der Waals surface area contributed by atoms with Crippen LogP contribution in [0.15, 0.2) is 23.8 Å². The van der Waals surface area contributed by atoms with Crippen molar-refractivity contribution in [3.05, 3.63) is 23.8 Å². The van der Waals surface area contributed by atoms with Crippen LogP contribution in [0.1, 0.15) is 46.0 Å². The van der Waals surface area contributed by atoms with E-state index < -0.39 is 0 Å². The standard InChI is InChI=1S/C15H24O/c1-11(10-16)13-7-8-14-6-4-5-12(2)15(14,3)9-13/h9,12,14,16H,1,4-8,10H2,2-3H3/t12-,14+,15+/m1/s1. The lowest BCUT2D eigenvalue weighted by molar-refractivity contribution is 0.0860. The van der Waals surface area contributed by atoms with Gasteiger partial charge in [0.15, 0.2) is 0 Å². The molecule has 0 bridgehead atoms. The fraction of sp³-hybridized carbons (Fsp3) is 0.733. The van der Waals surface area contributed by atoms with Crippen LogP contribution in [-0.2, 0) is 0 Å². The van der Waals surface area contributed by atoms with Crippen LogP contribution < -0.4 is 0 Å². The Balaban J connectivity index is 2.28. The summed E-state index contributed by atoms with van der Waals surface area (Å²) in [5.41, 5.74) is 2.59. The van der Waals surface area contributed by atoms with Gasteiger partial charge in [0, 0.05) is 0 Å². The van der Waals surface area contributed by atoms with Crippen LogP contribution >= 0.6 is 0 Å². The molecule has 16 heavy (non-hydrogen) atoms. The Morgan fingerprint density at radius 3 is 2.94 bits per heavy atom. The molecule has 0 aromatic carbocycles. The van der Waals surface area contributed by atoms with Crippen molar-refractivity contribution in [3.8, 4) is 0 Å². The van der Waals surface area contributed by atoms with Crippen molar-refractivity contribution in [1.82, 2.24) is 0 Å². The third-order valence-corrected chi connectivity index (χ3v) is 5.02. The van der Waals surface area contributed by atoms with Gasteiger partial charge in [-0.15, -0.1) is 0 Å². The van der Waals surface area contributed by atoms with Crippen LogP contribution in [0.3, 0.4) is 0 Å². The number of aliphatic hydroxyl groups excluding tert-OH is 1. The molecule has 0 spiro atoms. The first-order valence-electron chi connectivity index (χ1n) is 6.58. The van der Waals surface area contributed by atoms with Gasteiger partial charge in [-0.25, -0.2) is 0 Å². The smallest absolute Gasteiger partial charge is 0.0678 e. The van der Waals surface area contributed by atoms with Crippen LogP contribution in [0.25, 0.3) is 0 Å². The van der Waals surface area contributed by atoms with E-state index in [9.17, 15) is 5.11 Å². The van der Waals surface area contributed by atoms with Crippen LogP contribution in [0.4, 0.5) is 0 Å². The molecule has 1 nitrogen and oxygen atoms in total. The maximum Gasteiger partial charge on any atom is 0.0678 e. The fourth-order valence-electron chi connectivity index (χ4n) is 3.57. The van der Waals surface area contributed by atoms with Crippen molar-refractivity contribution < 1.29 is 5.11 Å².